The van der Waals surface area contributed by atoms with E-state index in [9.17, 15) is 0 Å². The average Bonchev–Trinajstić information content (AvgIpc) is 2.85. The first-order chi connectivity index (χ1) is 12.9. The molecule has 0 aromatic carbocycles. The fraction of sp³-hybridized carbons (Fsp3) is 0.920. The van der Waals surface area contributed by atoms with E-state index >= 15 is 0 Å². The fourth-order valence-corrected chi connectivity index (χ4v) is 12.2. The maximum atomic E-state index is 7.44. The van der Waals surface area contributed by atoms with Crippen LogP contribution >= 0.6 is 0 Å². The van der Waals surface area contributed by atoms with Gasteiger partial charge in [-0.2, -0.15) is 0 Å². The lowest BCUT2D eigenvalue weighted by Crippen LogP contribution is -2.55. The normalized spacial score (nSPS) is 26.8. The van der Waals surface area contributed by atoms with Crippen molar-refractivity contribution in [3.8, 4) is 0 Å². The maximum Gasteiger partial charge on any atom is 0.200 e. The molecule has 0 unspecified atom stereocenters. The van der Waals surface area contributed by atoms with Gasteiger partial charge in [0.1, 0.15) is 0 Å². The zero-order valence-electron chi connectivity index (χ0n) is 22.0. The Balaban J connectivity index is 3.30. The van der Waals surface area contributed by atoms with Gasteiger partial charge in [0, 0.05) is 17.9 Å². The van der Waals surface area contributed by atoms with Crippen LogP contribution in [0.25, 0.3) is 0 Å². The van der Waals surface area contributed by atoms with E-state index in [0.717, 1.165) is 6.61 Å². The predicted molar refractivity (Wildman–Crippen MR) is 135 cm³/mol. The van der Waals surface area contributed by atoms with Crippen LogP contribution in [0.3, 0.4) is 0 Å². The minimum absolute atomic E-state index is 0.0655. The van der Waals surface area contributed by atoms with Gasteiger partial charge in [0.25, 0.3) is 0 Å². The van der Waals surface area contributed by atoms with Crippen molar-refractivity contribution >= 4 is 16.6 Å². The highest BCUT2D eigenvalue weighted by Gasteiger charge is 2.54. The molecular weight excluding hydrogens is 388 g/mol. The summed E-state index contributed by atoms with van der Waals surface area (Å²) >= 11 is 0. The molecule has 172 valence electrons. The molecule has 1 aliphatic rings. The zero-order valence-corrected chi connectivity index (χ0v) is 24.0. The van der Waals surface area contributed by atoms with Crippen molar-refractivity contribution in [3.05, 3.63) is 12.2 Å². The average molecular weight is 441 g/mol. The molecule has 0 aromatic rings. The third-order valence-electron chi connectivity index (χ3n) is 8.32. The molecule has 0 amide bonds. The van der Waals surface area contributed by atoms with Crippen LogP contribution in [0.4, 0.5) is 0 Å². The van der Waals surface area contributed by atoms with E-state index in [1.54, 1.807) is 0 Å². The van der Waals surface area contributed by atoms with Gasteiger partial charge < -0.3 is 8.85 Å². The Labute approximate surface area is 185 Å². The first-order valence-corrected chi connectivity index (χ1v) is 16.9. The van der Waals surface area contributed by atoms with Crippen molar-refractivity contribution in [2.45, 2.75) is 130 Å². The molecule has 0 N–H and O–H groups in total. The summed E-state index contributed by atoms with van der Waals surface area (Å²) in [4.78, 5) is 0. The molecule has 0 spiro atoms. The van der Waals surface area contributed by atoms with Crippen LogP contribution in [0, 0.1) is 11.3 Å². The summed E-state index contributed by atoms with van der Waals surface area (Å²) in [6.07, 6.45) is 2.57. The Kier molecular flexibility index (Phi) is 8.70. The smallest absolute Gasteiger partial charge is 0.200 e. The lowest BCUT2D eigenvalue weighted by molar-refractivity contribution is 0.0144. The van der Waals surface area contributed by atoms with Crippen molar-refractivity contribution in [2.75, 3.05) is 6.61 Å². The van der Waals surface area contributed by atoms with E-state index in [1.165, 1.54) is 18.4 Å². The van der Waals surface area contributed by atoms with Crippen LogP contribution in [0.1, 0.15) is 89.0 Å². The Hall–Kier alpha value is 0.0938. The van der Waals surface area contributed by atoms with Gasteiger partial charge in [0.2, 0.25) is 8.32 Å². The summed E-state index contributed by atoms with van der Waals surface area (Å²) in [6.45, 7) is 35.9. The first-order valence-electron chi connectivity index (χ1n) is 11.9. The fourth-order valence-electron chi connectivity index (χ4n) is 5.34. The molecule has 0 aliphatic heterocycles. The molecule has 1 rings (SSSR count). The second kappa shape index (κ2) is 9.30. The molecule has 0 aromatic heterocycles. The van der Waals surface area contributed by atoms with E-state index in [-0.39, 0.29) is 16.6 Å². The summed E-state index contributed by atoms with van der Waals surface area (Å²) in [5.74, 6) is 0.450. The Morgan fingerprint density at radius 1 is 1.03 bits per heavy atom. The highest BCUT2D eigenvalue weighted by Crippen LogP contribution is 2.53. The third kappa shape index (κ3) is 5.48. The summed E-state index contributed by atoms with van der Waals surface area (Å²) in [6, 6.07) is 0. The Morgan fingerprint density at radius 2 is 1.48 bits per heavy atom. The summed E-state index contributed by atoms with van der Waals surface area (Å²) in [5, 5.41) is 0.235. The van der Waals surface area contributed by atoms with Gasteiger partial charge in [-0.05, 0) is 54.5 Å². The van der Waals surface area contributed by atoms with Crippen LogP contribution in [-0.4, -0.2) is 29.3 Å². The second-order valence-electron chi connectivity index (χ2n) is 12.6. The number of hydrogen-bond acceptors (Lipinski definition) is 2. The Morgan fingerprint density at radius 3 is 1.83 bits per heavy atom. The Bertz CT molecular complexity index is 538. The molecule has 1 fully saturated rings. The van der Waals surface area contributed by atoms with Crippen molar-refractivity contribution in [1.82, 2.24) is 0 Å². The molecule has 0 radical (unpaired) electrons. The molecular formula is C25H52O2Si2. The van der Waals surface area contributed by atoms with E-state index in [2.05, 4.69) is 95.8 Å². The largest absolute Gasteiger partial charge is 0.416 e. The lowest BCUT2D eigenvalue weighted by atomic mass is 9.84. The van der Waals surface area contributed by atoms with Gasteiger partial charge in [-0.25, -0.2) is 0 Å². The predicted octanol–water partition coefficient (Wildman–Crippen LogP) is 8.56. The lowest BCUT2D eigenvalue weighted by Gasteiger charge is -2.49. The van der Waals surface area contributed by atoms with Crippen molar-refractivity contribution in [1.29, 1.82) is 0 Å². The molecule has 1 saturated carbocycles. The highest BCUT2D eigenvalue weighted by atomic mass is 28.4. The van der Waals surface area contributed by atoms with E-state index < -0.39 is 16.6 Å². The molecule has 2 nitrogen and oxygen atoms in total. The standard InChI is InChI=1S/C25H52O2Si2/c1-18(2)22-15-16-25(12,17-26-28(13,14)24(9,10)11)23(22)27-29(19(3)4,20(5)6)21(7)8/h19-23H,1,15-17H2,2-14H3/t22-,23-,25-/m1/s1. The van der Waals surface area contributed by atoms with Gasteiger partial charge in [-0.15, -0.1) is 0 Å². The topological polar surface area (TPSA) is 18.5 Å². The van der Waals surface area contributed by atoms with E-state index in [1.807, 2.05) is 0 Å². The molecule has 0 heterocycles. The van der Waals surface area contributed by atoms with Gasteiger partial charge >= 0.3 is 0 Å². The van der Waals surface area contributed by atoms with Crippen molar-refractivity contribution in [2.24, 2.45) is 11.3 Å². The summed E-state index contributed by atoms with van der Waals surface area (Å²) < 4.78 is 14.2. The van der Waals surface area contributed by atoms with Crippen LogP contribution in [0.15, 0.2) is 12.2 Å². The minimum atomic E-state index is -1.97. The number of hydrogen-bond donors (Lipinski definition) is 0. The van der Waals surface area contributed by atoms with Gasteiger partial charge in [0.15, 0.2) is 8.32 Å². The zero-order chi connectivity index (χ0) is 23.0. The maximum absolute atomic E-state index is 7.44. The third-order valence-corrected chi connectivity index (χ3v) is 18.9. The SMILES string of the molecule is C=C(C)[C@H]1CC[C@](C)(CO[Si](C)(C)C(C)(C)C)[C@@H]1O[Si](C(C)C)(C(C)C)C(C)C. The second-order valence-corrected chi connectivity index (χ2v) is 22.8. The van der Waals surface area contributed by atoms with Crippen LogP contribution in [0.2, 0.25) is 34.8 Å². The first kappa shape index (κ1) is 27.1. The number of rotatable bonds is 9. The van der Waals surface area contributed by atoms with Crippen LogP contribution < -0.4 is 0 Å². The molecule has 3 atom stereocenters. The quantitative estimate of drug-likeness (QED) is 0.264. The monoisotopic (exact) mass is 440 g/mol. The molecule has 0 bridgehead atoms. The van der Waals surface area contributed by atoms with Gasteiger partial charge in [0.05, 0.1) is 6.10 Å². The molecule has 4 heteroatoms. The summed E-state index contributed by atoms with van der Waals surface area (Å²) in [5.41, 5.74) is 3.14. The van der Waals surface area contributed by atoms with Crippen molar-refractivity contribution < 1.29 is 8.85 Å². The molecule has 1 aliphatic carbocycles. The molecule has 0 saturated heterocycles. The van der Waals surface area contributed by atoms with E-state index in [0.29, 0.717) is 22.5 Å². The van der Waals surface area contributed by atoms with Gasteiger partial charge in [-0.3, -0.25) is 0 Å². The van der Waals surface area contributed by atoms with Crippen LogP contribution in [0.5, 0.6) is 0 Å². The highest BCUT2D eigenvalue weighted by molar-refractivity contribution is 6.77. The van der Waals surface area contributed by atoms with Crippen molar-refractivity contribution in [3.63, 3.8) is 0 Å². The van der Waals surface area contributed by atoms with Gasteiger partial charge in [-0.1, -0.05) is 81.4 Å². The van der Waals surface area contributed by atoms with Crippen LogP contribution in [-0.2, 0) is 8.85 Å². The molecule has 29 heavy (non-hydrogen) atoms. The van der Waals surface area contributed by atoms with E-state index in [4.69, 9.17) is 8.85 Å². The summed E-state index contributed by atoms with van der Waals surface area (Å²) in [7, 11) is -3.75. The minimum Gasteiger partial charge on any atom is -0.416 e.